The minimum atomic E-state index is -0.171. The lowest BCUT2D eigenvalue weighted by atomic mass is 10.3. The van der Waals surface area contributed by atoms with E-state index in [1.165, 1.54) is 11.3 Å². The van der Waals surface area contributed by atoms with Gasteiger partial charge >= 0.3 is 0 Å². The molecule has 1 aromatic heterocycles. The van der Waals surface area contributed by atoms with E-state index in [1.807, 2.05) is 13.8 Å². The zero-order valence-electron chi connectivity index (χ0n) is 13.1. The van der Waals surface area contributed by atoms with Gasteiger partial charge in [-0.3, -0.25) is 4.79 Å². The number of aromatic nitrogens is 1. The molecule has 1 amide bonds. The molecule has 0 aromatic carbocycles. The monoisotopic (exact) mass is 314 g/mol. The van der Waals surface area contributed by atoms with Gasteiger partial charge < -0.3 is 21.1 Å². The quantitative estimate of drug-likeness (QED) is 0.577. The number of rotatable bonds is 10. The number of unbranched alkanes of at least 4 members (excludes halogenated alkanes) is 1. The molecule has 0 atom stereocenters. The molecule has 0 bridgehead atoms. The highest BCUT2D eigenvalue weighted by molar-refractivity contribution is 7.18. The SMILES string of the molecule is CCCCOCCCNC(=O)c1sc(NC(C)C)nc1N. The van der Waals surface area contributed by atoms with Gasteiger partial charge in [0.15, 0.2) is 5.13 Å². The number of anilines is 2. The molecule has 0 unspecified atom stereocenters. The Bertz CT molecular complexity index is 435. The molecule has 7 heteroatoms. The van der Waals surface area contributed by atoms with E-state index in [1.54, 1.807) is 0 Å². The number of nitrogens with two attached hydrogens (primary N) is 1. The predicted molar refractivity (Wildman–Crippen MR) is 88.0 cm³/mol. The van der Waals surface area contributed by atoms with E-state index in [0.29, 0.717) is 23.2 Å². The zero-order chi connectivity index (χ0) is 15.7. The van der Waals surface area contributed by atoms with Crippen LogP contribution in [0.1, 0.15) is 49.7 Å². The summed E-state index contributed by atoms with van der Waals surface area (Å²) in [7, 11) is 0. The summed E-state index contributed by atoms with van der Waals surface area (Å²) in [6.45, 7) is 8.18. The summed E-state index contributed by atoms with van der Waals surface area (Å²) in [4.78, 5) is 16.6. The van der Waals surface area contributed by atoms with Crippen LogP contribution in [0.15, 0.2) is 0 Å². The molecule has 0 spiro atoms. The number of carbonyl (C=O) groups excluding carboxylic acids is 1. The third-order valence-corrected chi connectivity index (χ3v) is 3.67. The third-order valence-electron chi connectivity index (χ3n) is 2.66. The van der Waals surface area contributed by atoms with E-state index < -0.39 is 0 Å². The predicted octanol–water partition coefficient (Wildman–Crippen LogP) is 2.48. The molecule has 0 aliphatic heterocycles. The second-order valence-electron chi connectivity index (χ2n) is 5.11. The fraction of sp³-hybridized carbons (Fsp3) is 0.714. The van der Waals surface area contributed by atoms with Gasteiger partial charge in [-0.05, 0) is 26.7 Å². The van der Waals surface area contributed by atoms with Crippen LogP contribution in [0.25, 0.3) is 0 Å². The molecule has 120 valence electrons. The third kappa shape index (κ3) is 6.77. The van der Waals surface area contributed by atoms with Crippen LogP contribution < -0.4 is 16.4 Å². The topological polar surface area (TPSA) is 89.3 Å². The molecule has 0 aliphatic carbocycles. The van der Waals surface area contributed by atoms with Crippen molar-refractivity contribution in [2.24, 2.45) is 0 Å². The van der Waals surface area contributed by atoms with Gasteiger partial charge in [0, 0.05) is 25.8 Å². The van der Waals surface area contributed by atoms with Crippen molar-refractivity contribution in [1.82, 2.24) is 10.3 Å². The molecule has 0 saturated carbocycles. The first-order chi connectivity index (χ1) is 10.0. The van der Waals surface area contributed by atoms with E-state index >= 15 is 0 Å². The van der Waals surface area contributed by atoms with Gasteiger partial charge in [0.2, 0.25) is 0 Å². The van der Waals surface area contributed by atoms with Crippen molar-refractivity contribution in [2.45, 2.75) is 46.1 Å². The largest absolute Gasteiger partial charge is 0.382 e. The summed E-state index contributed by atoms with van der Waals surface area (Å²) in [5.41, 5.74) is 5.78. The summed E-state index contributed by atoms with van der Waals surface area (Å²) >= 11 is 1.28. The van der Waals surface area contributed by atoms with Crippen LogP contribution in [0.3, 0.4) is 0 Å². The van der Waals surface area contributed by atoms with Crippen molar-refractivity contribution < 1.29 is 9.53 Å². The molecular formula is C14H26N4O2S. The molecule has 1 rings (SSSR count). The highest BCUT2D eigenvalue weighted by atomic mass is 32.1. The highest BCUT2D eigenvalue weighted by Gasteiger charge is 2.15. The van der Waals surface area contributed by atoms with Crippen LogP contribution in [0, 0.1) is 0 Å². The molecule has 0 saturated heterocycles. The fourth-order valence-electron chi connectivity index (χ4n) is 1.61. The minimum Gasteiger partial charge on any atom is -0.382 e. The molecule has 6 nitrogen and oxygen atoms in total. The van der Waals surface area contributed by atoms with Crippen LogP contribution in [-0.2, 0) is 4.74 Å². The summed E-state index contributed by atoms with van der Waals surface area (Å²) in [6, 6.07) is 0.256. The average Bonchev–Trinajstić information content (AvgIpc) is 2.77. The number of amides is 1. The zero-order valence-corrected chi connectivity index (χ0v) is 13.9. The van der Waals surface area contributed by atoms with Gasteiger partial charge in [-0.2, -0.15) is 0 Å². The number of ether oxygens (including phenoxy) is 1. The number of hydrogen-bond donors (Lipinski definition) is 3. The first-order valence-corrected chi connectivity index (χ1v) is 8.25. The molecule has 0 aliphatic rings. The summed E-state index contributed by atoms with van der Waals surface area (Å²) in [5.74, 6) is 0.107. The van der Waals surface area contributed by atoms with Crippen LogP contribution in [-0.4, -0.2) is 36.7 Å². The Morgan fingerprint density at radius 2 is 2.10 bits per heavy atom. The van der Waals surface area contributed by atoms with Crippen LogP contribution in [0.5, 0.6) is 0 Å². The lowest BCUT2D eigenvalue weighted by molar-refractivity contribution is 0.0945. The van der Waals surface area contributed by atoms with Gasteiger partial charge in [-0.1, -0.05) is 24.7 Å². The lowest BCUT2D eigenvalue weighted by Gasteiger charge is -2.05. The van der Waals surface area contributed by atoms with E-state index in [-0.39, 0.29) is 17.8 Å². The van der Waals surface area contributed by atoms with Crippen LogP contribution in [0.2, 0.25) is 0 Å². The molecule has 4 N–H and O–H groups in total. The molecule has 0 radical (unpaired) electrons. The van der Waals surface area contributed by atoms with E-state index in [4.69, 9.17) is 10.5 Å². The Balaban J connectivity index is 2.30. The number of hydrogen-bond acceptors (Lipinski definition) is 6. The van der Waals surface area contributed by atoms with Crippen LogP contribution in [0.4, 0.5) is 10.9 Å². The van der Waals surface area contributed by atoms with Crippen molar-refractivity contribution in [3.05, 3.63) is 4.88 Å². The molecule has 21 heavy (non-hydrogen) atoms. The lowest BCUT2D eigenvalue weighted by Crippen LogP contribution is -2.25. The van der Waals surface area contributed by atoms with Crippen molar-refractivity contribution in [3.63, 3.8) is 0 Å². The molecule has 1 heterocycles. The first kappa shape index (κ1) is 17.7. The second kappa shape index (κ2) is 9.57. The summed E-state index contributed by atoms with van der Waals surface area (Å²) in [6.07, 6.45) is 3.01. The number of nitrogen functional groups attached to an aromatic ring is 1. The van der Waals surface area contributed by atoms with E-state index in [2.05, 4.69) is 22.5 Å². The smallest absolute Gasteiger partial charge is 0.265 e. The maximum absolute atomic E-state index is 12.0. The first-order valence-electron chi connectivity index (χ1n) is 7.43. The Kier molecular flexibility index (Phi) is 8.07. The average molecular weight is 314 g/mol. The maximum Gasteiger partial charge on any atom is 0.265 e. The van der Waals surface area contributed by atoms with Crippen LogP contribution >= 0.6 is 11.3 Å². The normalized spacial score (nSPS) is 10.9. The van der Waals surface area contributed by atoms with Crippen molar-refractivity contribution >= 4 is 28.2 Å². The fourth-order valence-corrected chi connectivity index (χ4v) is 2.56. The molecule has 1 aromatic rings. The van der Waals surface area contributed by atoms with Gasteiger partial charge in [-0.25, -0.2) is 4.98 Å². The van der Waals surface area contributed by atoms with Crippen molar-refractivity contribution in [3.8, 4) is 0 Å². The number of thiazole rings is 1. The van der Waals surface area contributed by atoms with Gasteiger partial charge in [0.1, 0.15) is 10.7 Å². The van der Waals surface area contributed by atoms with E-state index in [0.717, 1.165) is 25.9 Å². The Morgan fingerprint density at radius 3 is 2.76 bits per heavy atom. The standard InChI is InChI=1S/C14H26N4O2S/c1-4-5-8-20-9-6-7-16-13(19)11-12(15)18-14(21-11)17-10(2)3/h10H,4-9,15H2,1-3H3,(H,16,19)(H,17,18). The summed E-state index contributed by atoms with van der Waals surface area (Å²) in [5, 5.41) is 6.66. The van der Waals surface area contributed by atoms with Gasteiger partial charge in [0.05, 0.1) is 0 Å². The van der Waals surface area contributed by atoms with E-state index in [9.17, 15) is 4.79 Å². The van der Waals surface area contributed by atoms with Gasteiger partial charge in [0.25, 0.3) is 5.91 Å². The van der Waals surface area contributed by atoms with Gasteiger partial charge in [-0.15, -0.1) is 0 Å². The van der Waals surface area contributed by atoms with Crippen molar-refractivity contribution in [2.75, 3.05) is 30.8 Å². The molecule has 0 fully saturated rings. The maximum atomic E-state index is 12.0. The number of carbonyl (C=O) groups is 1. The number of nitrogens with zero attached hydrogens (tertiary/aromatic N) is 1. The van der Waals surface area contributed by atoms with Crippen molar-refractivity contribution in [1.29, 1.82) is 0 Å². The Labute approximate surface area is 130 Å². The Hall–Kier alpha value is -1.34. The number of nitrogens with one attached hydrogen (secondary N) is 2. The highest BCUT2D eigenvalue weighted by Crippen LogP contribution is 2.25. The Morgan fingerprint density at radius 1 is 1.38 bits per heavy atom. The minimum absolute atomic E-state index is 0.171. The second-order valence-corrected chi connectivity index (χ2v) is 6.11. The molecular weight excluding hydrogens is 288 g/mol. The summed E-state index contributed by atoms with van der Waals surface area (Å²) < 4.78 is 5.44.